The van der Waals surface area contributed by atoms with E-state index >= 15 is 0 Å². The van der Waals surface area contributed by atoms with Crippen LogP contribution in [-0.2, 0) is 10.0 Å². The topological polar surface area (TPSA) is 61.2 Å². The number of nitrogens with zero attached hydrogens (tertiary/aromatic N) is 2. The molecule has 0 saturated carbocycles. The molecular formula is C16H12N2O2S. The van der Waals surface area contributed by atoms with E-state index in [0.29, 0.717) is 5.56 Å². The summed E-state index contributed by atoms with van der Waals surface area (Å²) in [6.45, 7) is 0. The van der Waals surface area contributed by atoms with Crippen LogP contribution in [0.2, 0.25) is 0 Å². The quantitative estimate of drug-likeness (QED) is 0.856. The monoisotopic (exact) mass is 296 g/mol. The Kier molecular flexibility index (Phi) is 3.24. The molecule has 0 saturated heterocycles. The lowest BCUT2D eigenvalue weighted by Crippen LogP contribution is -2.31. The van der Waals surface area contributed by atoms with Gasteiger partial charge in [0.1, 0.15) is 0 Å². The first-order valence-corrected chi connectivity index (χ1v) is 7.84. The van der Waals surface area contributed by atoms with Gasteiger partial charge >= 0.3 is 0 Å². The lowest BCUT2D eigenvalue weighted by atomic mass is 9.99. The third-order valence-corrected chi connectivity index (χ3v) is 5.14. The van der Waals surface area contributed by atoms with E-state index in [4.69, 9.17) is 0 Å². The second kappa shape index (κ2) is 5.08. The summed E-state index contributed by atoms with van der Waals surface area (Å²) in [4.78, 5) is 0.175. The Labute approximate surface area is 123 Å². The first kappa shape index (κ1) is 13.4. The fraction of sp³-hybridized carbons (Fsp3) is 0.0625. The summed E-state index contributed by atoms with van der Waals surface area (Å²) in [6, 6.07) is 16.7. The minimum absolute atomic E-state index is 0.175. The summed E-state index contributed by atoms with van der Waals surface area (Å²) in [7, 11) is -3.74. The molecule has 0 N–H and O–H groups in total. The van der Waals surface area contributed by atoms with Gasteiger partial charge in [0.2, 0.25) is 0 Å². The van der Waals surface area contributed by atoms with Crippen molar-refractivity contribution in [3.05, 3.63) is 71.9 Å². The van der Waals surface area contributed by atoms with Crippen LogP contribution in [0.5, 0.6) is 0 Å². The molecule has 2 aromatic carbocycles. The molecule has 21 heavy (non-hydrogen) atoms. The number of benzene rings is 2. The van der Waals surface area contributed by atoms with Crippen LogP contribution in [0, 0.1) is 11.3 Å². The number of nitriles is 1. The average Bonchev–Trinajstić information content (AvgIpc) is 2.54. The van der Waals surface area contributed by atoms with Gasteiger partial charge in [-0.2, -0.15) is 5.26 Å². The molecule has 1 heterocycles. The Bertz CT molecular complexity index is 836. The van der Waals surface area contributed by atoms with Crippen molar-refractivity contribution in [1.29, 1.82) is 5.26 Å². The molecule has 4 nitrogen and oxygen atoms in total. The number of rotatable bonds is 2. The Balaban J connectivity index is 2.11. The van der Waals surface area contributed by atoms with Gasteiger partial charge in [0.25, 0.3) is 10.0 Å². The third-order valence-electron chi connectivity index (χ3n) is 3.39. The van der Waals surface area contributed by atoms with Crippen LogP contribution < -0.4 is 0 Å². The molecule has 0 fully saturated rings. The van der Waals surface area contributed by atoms with Crippen LogP contribution in [-0.4, -0.2) is 12.7 Å². The molecule has 0 unspecified atom stereocenters. The molecule has 1 atom stereocenters. The third kappa shape index (κ3) is 2.20. The average molecular weight is 296 g/mol. The minimum atomic E-state index is -3.74. The van der Waals surface area contributed by atoms with Gasteiger partial charge in [-0.25, -0.2) is 8.42 Å². The van der Waals surface area contributed by atoms with Crippen LogP contribution in [0.4, 0.5) is 0 Å². The van der Waals surface area contributed by atoms with Crippen LogP contribution in [0.1, 0.15) is 17.2 Å². The van der Waals surface area contributed by atoms with Gasteiger partial charge in [0.05, 0.1) is 11.0 Å². The van der Waals surface area contributed by atoms with Gasteiger partial charge in [-0.1, -0.05) is 42.5 Å². The predicted molar refractivity (Wildman–Crippen MR) is 79.3 cm³/mol. The maximum absolute atomic E-state index is 12.7. The molecule has 104 valence electrons. The first-order chi connectivity index (χ1) is 10.1. The second-order valence-corrected chi connectivity index (χ2v) is 6.47. The summed E-state index contributed by atoms with van der Waals surface area (Å²) in [5.41, 5.74) is 1.56. The highest BCUT2D eigenvalue weighted by molar-refractivity contribution is 7.89. The summed E-state index contributed by atoms with van der Waals surface area (Å²) in [5, 5.41) is 9.43. The minimum Gasteiger partial charge on any atom is -0.252 e. The first-order valence-electron chi connectivity index (χ1n) is 6.40. The standard InChI is InChI=1S/C16H12N2O2S/c17-12-16-15-9-5-4-6-13(15)10-11-18(16)21(19,20)14-7-2-1-3-8-14/h1-11,16H/t16-/m1/s1. The smallest absolute Gasteiger partial charge is 0.252 e. The Hall–Kier alpha value is -2.58. The van der Waals surface area contributed by atoms with Crippen molar-refractivity contribution < 1.29 is 8.42 Å². The summed E-state index contributed by atoms with van der Waals surface area (Å²) >= 11 is 0. The number of fused-ring (bicyclic) bond motifs is 1. The van der Waals surface area contributed by atoms with Gasteiger partial charge in [-0.05, 0) is 29.3 Å². The fourth-order valence-corrected chi connectivity index (χ4v) is 3.75. The molecule has 1 aliphatic rings. The van der Waals surface area contributed by atoms with E-state index in [1.54, 1.807) is 36.4 Å². The van der Waals surface area contributed by atoms with Crippen LogP contribution >= 0.6 is 0 Å². The molecule has 3 rings (SSSR count). The van der Waals surface area contributed by atoms with E-state index in [1.807, 2.05) is 12.1 Å². The van der Waals surface area contributed by atoms with Crippen molar-refractivity contribution in [2.75, 3.05) is 0 Å². The molecule has 0 spiro atoms. The zero-order valence-corrected chi connectivity index (χ0v) is 11.9. The highest BCUT2D eigenvalue weighted by Crippen LogP contribution is 2.33. The molecule has 0 amide bonds. The number of hydrogen-bond donors (Lipinski definition) is 0. The molecule has 0 radical (unpaired) electrons. The number of sulfonamides is 1. The van der Waals surface area contributed by atoms with E-state index in [2.05, 4.69) is 6.07 Å². The highest BCUT2D eigenvalue weighted by Gasteiger charge is 2.32. The molecule has 2 aromatic rings. The Morgan fingerprint density at radius 2 is 1.67 bits per heavy atom. The SMILES string of the molecule is N#C[C@@H]1c2ccccc2C=CN1S(=O)(=O)c1ccccc1. The van der Waals surface area contributed by atoms with E-state index in [-0.39, 0.29) is 4.90 Å². The maximum Gasteiger partial charge on any atom is 0.265 e. The van der Waals surface area contributed by atoms with Crippen LogP contribution in [0.25, 0.3) is 6.08 Å². The fourth-order valence-electron chi connectivity index (χ4n) is 2.35. The van der Waals surface area contributed by atoms with Gasteiger partial charge < -0.3 is 0 Å². The van der Waals surface area contributed by atoms with Crippen LogP contribution in [0.3, 0.4) is 0 Å². The lowest BCUT2D eigenvalue weighted by Gasteiger charge is -2.29. The van der Waals surface area contributed by atoms with Crippen LogP contribution in [0.15, 0.2) is 65.7 Å². The molecule has 0 aromatic heterocycles. The normalized spacial score (nSPS) is 17.1. The molecular weight excluding hydrogens is 284 g/mol. The van der Waals surface area contributed by atoms with Crippen molar-refractivity contribution in [3.63, 3.8) is 0 Å². The molecule has 0 aliphatic carbocycles. The largest absolute Gasteiger partial charge is 0.265 e. The van der Waals surface area contributed by atoms with Crippen molar-refractivity contribution >= 4 is 16.1 Å². The van der Waals surface area contributed by atoms with E-state index in [1.165, 1.54) is 18.3 Å². The summed E-state index contributed by atoms with van der Waals surface area (Å²) in [5.74, 6) is 0. The zero-order chi connectivity index (χ0) is 14.9. The lowest BCUT2D eigenvalue weighted by molar-refractivity contribution is 0.461. The highest BCUT2D eigenvalue weighted by atomic mass is 32.2. The zero-order valence-electron chi connectivity index (χ0n) is 11.0. The second-order valence-electron chi connectivity index (χ2n) is 4.62. The van der Waals surface area contributed by atoms with Gasteiger partial charge in [-0.15, -0.1) is 0 Å². The summed E-state index contributed by atoms with van der Waals surface area (Å²) < 4.78 is 26.5. The maximum atomic E-state index is 12.7. The van der Waals surface area contributed by atoms with Gasteiger partial charge in [0, 0.05) is 6.20 Å². The van der Waals surface area contributed by atoms with Crippen molar-refractivity contribution in [3.8, 4) is 6.07 Å². The van der Waals surface area contributed by atoms with Crippen molar-refractivity contribution in [2.24, 2.45) is 0 Å². The van der Waals surface area contributed by atoms with Gasteiger partial charge in [0.15, 0.2) is 6.04 Å². The predicted octanol–water partition coefficient (Wildman–Crippen LogP) is 2.93. The van der Waals surface area contributed by atoms with E-state index in [9.17, 15) is 13.7 Å². The molecule has 1 aliphatic heterocycles. The Morgan fingerprint density at radius 3 is 2.38 bits per heavy atom. The molecule has 5 heteroatoms. The van der Waals surface area contributed by atoms with Crippen molar-refractivity contribution in [2.45, 2.75) is 10.9 Å². The molecule has 0 bridgehead atoms. The van der Waals surface area contributed by atoms with Gasteiger partial charge in [-0.3, -0.25) is 4.31 Å². The Morgan fingerprint density at radius 1 is 1.00 bits per heavy atom. The summed E-state index contributed by atoms with van der Waals surface area (Å²) in [6.07, 6.45) is 3.17. The van der Waals surface area contributed by atoms with E-state index in [0.717, 1.165) is 9.87 Å². The van der Waals surface area contributed by atoms with E-state index < -0.39 is 16.1 Å². The number of hydrogen-bond acceptors (Lipinski definition) is 3. The van der Waals surface area contributed by atoms with Crippen molar-refractivity contribution in [1.82, 2.24) is 4.31 Å².